The average Bonchev–Trinajstić information content (AvgIpc) is 3.25. The fraction of sp³-hybridized carbons (Fsp3) is 0.368. The van der Waals surface area contributed by atoms with Gasteiger partial charge in [-0.25, -0.2) is 9.97 Å². The summed E-state index contributed by atoms with van der Waals surface area (Å²) in [6, 6.07) is 7.95. The highest BCUT2D eigenvalue weighted by Crippen LogP contribution is 2.40. The Morgan fingerprint density at radius 1 is 1.30 bits per heavy atom. The first-order valence-corrected chi connectivity index (χ1v) is 9.28. The maximum Gasteiger partial charge on any atom is 0.269 e. The Morgan fingerprint density at radius 2 is 2.03 bits per heavy atom. The topological polar surface area (TPSA) is 156 Å². The van der Waals surface area contributed by atoms with E-state index in [0.29, 0.717) is 23.4 Å². The third-order valence-corrected chi connectivity index (χ3v) is 5.30. The van der Waals surface area contributed by atoms with Crippen LogP contribution in [0.15, 0.2) is 42.9 Å². The number of nitro groups is 1. The van der Waals surface area contributed by atoms with Gasteiger partial charge in [-0.3, -0.25) is 10.1 Å². The number of fused-ring (bicyclic) bond motifs is 1. The van der Waals surface area contributed by atoms with Crippen molar-refractivity contribution in [3.05, 3.63) is 58.5 Å². The Hall–Kier alpha value is -3.12. The highest BCUT2D eigenvalue weighted by molar-refractivity contribution is 5.87. The lowest BCUT2D eigenvalue weighted by atomic mass is 9.96. The van der Waals surface area contributed by atoms with Gasteiger partial charge in [-0.1, -0.05) is 12.1 Å². The third kappa shape index (κ3) is 3.37. The van der Waals surface area contributed by atoms with Gasteiger partial charge in [-0.05, 0) is 18.6 Å². The van der Waals surface area contributed by atoms with Crippen molar-refractivity contribution in [2.45, 2.75) is 37.5 Å². The van der Waals surface area contributed by atoms with E-state index in [9.17, 15) is 25.4 Å². The summed E-state index contributed by atoms with van der Waals surface area (Å²) in [6.45, 7) is 1.40. The van der Waals surface area contributed by atoms with Gasteiger partial charge in [0.1, 0.15) is 35.6 Å². The first-order valence-electron chi connectivity index (χ1n) is 9.28. The lowest BCUT2D eigenvalue weighted by Crippen LogP contribution is -2.44. The van der Waals surface area contributed by atoms with Gasteiger partial charge in [0.15, 0.2) is 6.23 Å². The summed E-state index contributed by atoms with van der Waals surface area (Å²) in [4.78, 5) is 18.8. The van der Waals surface area contributed by atoms with Crippen molar-refractivity contribution in [1.82, 2.24) is 14.5 Å². The minimum Gasteiger partial charge on any atom is -0.394 e. The van der Waals surface area contributed by atoms with Gasteiger partial charge in [0, 0.05) is 24.9 Å². The predicted molar refractivity (Wildman–Crippen MR) is 106 cm³/mol. The normalized spacial score (nSPS) is 26.2. The second kappa shape index (κ2) is 7.61. The maximum absolute atomic E-state index is 10.8. The van der Waals surface area contributed by atoms with Crippen LogP contribution in [0.1, 0.15) is 18.7 Å². The molecule has 0 aliphatic carbocycles. The molecule has 30 heavy (non-hydrogen) atoms. The molecule has 1 aliphatic rings. The van der Waals surface area contributed by atoms with Gasteiger partial charge < -0.3 is 29.9 Å². The van der Waals surface area contributed by atoms with E-state index in [1.165, 1.54) is 25.4 Å². The van der Waals surface area contributed by atoms with Crippen molar-refractivity contribution in [2.75, 3.05) is 11.9 Å². The molecule has 4 rings (SSSR count). The fourth-order valence-corrected chi connectivity index (χ4v) is 3.61. The Labute approximate surface area is 170 Å². The van der Waals surface area contributed by atoms with Gasteiger partial charge >= 0.3 is 0 Å². The molecule has 0 radical (unpaired) electrons. The molecule has 1 saturated heterocycles. The molecule has 1 aromatic carbocycles. The molecular formula is C19H21N5O6. The number of nitro benzene ring substituents is 1. The second-order valence-corrected chi connectivity index (χ2v) is 7.34. The molecule has 11 heteroatoms. The molecule has 3 heterocycles. The molecule has 1 fully saturated rings. The molecule has 1 aliphatic heterocycles. The van der Waals surface area contributed by atoms with Crippen LogP contribution in [0.4, 0.5) is 11.5 Å². The summed E-state index contributed by atoms with van der Waals surface area (Å²) in [5, 5.41) is 45.0. The number of nitrogens with one attached hydrogen (secondary N) is 1. The van der Waals surface area contributed by atoms with Crippen molar-refractivity contribution in [3.8, 4) is 0 Å². The number of hydrogen-bond donors (Lipinski definition) is 4. The summed E-state index contributed by atoms with van der Waals surface area (Å²) in [5.74, 6) is 0.536. The molecular weight excluding hydrogens is 394 g/mol. The Balaban J connectivity index is 1.59. The molecule has 0 saturated carbocycles. The van der Waals surface area contributed by atoms with Crippen LogP contribution in [0.5, 0.6) is 0 Å². The Morgan fingerprint density at radius 3 is 2.67 bits per heavy atom. The first-order chi connectivity index (χ1) is 14.3. The smallest absolute Gasteiger partial charge is 0.269 e. The van der Waals surface area contributed by atoms with Gasteiger partial charge in [0.2, 0.25) is 0 Å². The average molecular weight is 415 g/mol. The zero-order chi connectivity index (χ0) is 21.5. The number of hydrogen-bond acceptors (Lipinski definition) is 9. The number of benzene rings is 1. The van der Waals surface area contributed by atoms with Gasteiger partial charge in [0.25, 0.3) is 5.69 Å². The van der Waals surface area contributed by atoms with Crippen LogP contribution in [0, 0.1) is 10.1 Å². The highest BCUT2D eigenvalue weighted by Gasteiger charge is 2.53. The van der Waals surface area contributed by atoms with Crippen molar-refractivity contribution in [2.24, 2.45) is 0 Å². The third-order valence-electron chi connectivity index (χ3n) is 5.30. The molecule has 11 nitrogen and oxygen atoms in total. The Kier molecular flexibility index (Phi) is 5.12. The molecule has 4 N–H and O–H groups in total. The van der Waals surface area contributed by atoms with Crippen LogP contribution in [-0.2, 0) is 11.3 Å². The molecule has 0 bridgehead atoms. The van der Waals surface area contributed by atoms with Crippen molar-refractivity contribution in [3.63, 3.8) is 0 Å². The van der Waals surface area contributed by atoms with Gasteiger partial charge in [-0.15, -0.1) is 0 Å². The standard InChI is InChI=1S/C19H21N5O6/c1-19(27)15(26)14(9-25)30-18(19)23-7-6-13-16(21-10-22-17(13)23)20-8-11-2-4-12(5-3-11)24(28)29/h2-7,10,14-15,18,25-27H,8-9H2,1H3,(H,20,21,22)/t14-,15-,18-,19-/m1/s1. The van der Waals surface area contributed by atoms with Crippen LogP contribution in [0.2, 0.25) is 0 Å². The molecule has 2 aromatic heterocycles. The van der Waals surface area contributed by atoms with E-state index in [4.69, 9.17) is 4.74 Å². The van der Waals surface area contributed by atoms with Crippen molar-refractivity contribution < 1.29 is 25.0 Å². The summed E-state index contributed by atoms with van der Waals surface area (Å²) in [6.07, 6.45) is -0.0852. The van der Waals surface area contributed by atoms with Gasteiger partial charge in [-0.2, -0.15) is 0 Å². The SMILES string of the molecule is C[C@@]1(O)[C@H](O)[C@@H](CO)O[C@H]1n1ccc2c(NCc3ccc([N+](=O)[O-])cc3)ncnc21. The molecule has 4 atom stereocenters. The zero-order valence-electron chi connectivity index (χ0n) is 16.0. The van der Waals surface area contributed by atoms with Gasteiger partial charge in [0.05, 0.1) is 16.9 Å². The van der Waals surface area contributed by atoms with E-state index in [2.05, 4.69) is 15.3 Å². The number of non-ortho nitro benzene ring substituents is 1. The minimum atomic E-state index is -1.63. The quantitative estimate of drug-likeness (QED) is 0.340. The Bertz CT molecular complexity index is 1070. The summed E-state index contributed by atoms with van der Waals surface area (Å²) in [7, 11) is 0. The lowest BCUT2D eigenvalue weighted by molar-refractivity contribution is -0.384. The summed E-state index contributed by atoms with van der Waals surface area (Å²) >= 11 is 0. The van der Waals surface area contributed by atoms with Crippen molar-refractivity contribution >= 4 is 22.5 Å². The number of nitrogens with zero attached hydrogens (tertiary/aromatic N) is 4. The van der Waals surface area contributed by atoms with E-state index in [1.807, 2.05) is 0 Å². The predicted octanol–water partition coefficient (Wildman–Crippen LogP) is 0.953. The lowest BCUT2D eigenvalue weighted by Gasteiger charge is -2.27. The largest absolute Gasteiger partial charge is 0.394 e. The van der Waals surface area contributed by atoms with Crippen LogP contribution in [0.25, 0.3) is 11.0 Å². The van der Waals surface area contributed by atoms with E-state index < -0.39 is 35.6 Å². The van der Waals surface area contributed by atoms with Crippen LogP contribution >= 0.6 is 0 Å². The van der Waals surface area contributed by atoms with Crippen LogP contribution in [-0.4, -0.2) is 59.2 Å². The highest BCUT2D eigenvalue weighted by atomic mass is 16.6. The van der Waals surface area contributed by atoms with E-state index in [-0.39, 0.29) is 5.69 Å². The zero-order valence-corrected chi connectivity index (χ0v) is 16.0. The number of aliphatic hydroxyl groups excluding tert-OH is 2. The van der Waals surface area contributed by atoms with Crippen molar-refractivity contribution in [1.29, 1.82) is 0 Å². The monoisotopic (exact) mass is 415 g/mol. The first kappa shape index (κ1) is 20.2. The molecule has 0 unspecified atom stereocenters. The maximum atomic E-state index is 10.8. The van der Waals surface area contributed by atoms with Crippen LogP contribution < -0.4 is 5.32 Å². The minimum absolute atomic E-state index is 0.0206. The summed E-state index contributed by atoms with van der Waals surface area (Å²) < 4.78 is 7.26. The number of aliphatic hydroxyl groups is 3. The van der Waals surface area contributed by atoms with E-state index >= 15 is 0 Å². The van der Waals surface area contributed by atoms with E-state index in [1.54, 1.807) is 29.0 Å². The number of ether oxygens (including phenoxy) is 1. The molecule has 158 valence electrons. The van der Waals surface area contributed by atoms with E-state index in [0.717, 1.165) is 5.56 Å². The molecule has 0 spiro atoms. The second-order valence-electron chi connectivity index (χ2n) is 7.34. The number of aromatic nitrogens is 3. The number of anilines is 1. The molecule has 3 aromatic rings. The molecule has 0 amide bonds. The summed E-state index contributed by atoms with van der Waals surface area (Å²) in [5.41, 5.74) is -0.293. The van der Waals surface area contributed by atoms with Crippen LogP contribution in [0.3, 0.4) is 0 Å². The number of rotatable bonds is 6. The fourth-order valence-electron chi connectivity index (χ4n) is 3.61.